The van der Waals surface area contributed by atoms with E-state index in [2.05, 4.69) is 13.8 Å². The Morgan fingerprint density at radius 2 is 1.92 bits per heavy atom. The summed E-state index contributed by atoms with van der Waals surface area (Å²) in [5.41, 5.74) is -0.362. The van der Waals surface area contributed by atoms with E-state index in [9.17, 15) is 14.0 Å². The monoisotopic (exact) mass is 332 g/mol. The highest BCUT2D eigenvalue weighted by atomic mass is 19.1. The number of carbonyl (C=O) groups excluding carboxylic acids is 2. The van der Waals surface area contributed by atoms with Gasteiger partial charge in [0.2, 0.25) is 0 Å². The molecule has 0 radical (unpaired) electrons. The zero-order chi connectivity index (χ0) is 16.9. The van der Waals surface area contributed by atoms with Gasteiger partial charge >= 0.3 is 0 Å². The van der Waals surface area contributed by atoms with Crippen LogP contribution in [0.2, 0.25) is 0 Å². The second-order valence-corrected chi connectivity index (χ2v) is 9.25. The van der Waals surface area contributed by atoms with Crippen LogP contribution in [0.4, 0.5) is 4.39 Å². The highest BCUT2D eigenvalue weighted by Crippen LogP contribution is 2.73. The lowest BCUT2D eigenvalue weighted by molar-refractivity contribution is -0.136. The molecule has 0 N–H and O–H groups in total. The highest BCUT2D eigenvalue weighted by molar-refractivity contribution is 5.90. The third-order valence-electron chi connectivity index (χ3n) is 8.68. The van der Waals surface area contributed by atoms with Crippen LogP contribution in [0.25, 0.3) is 0 Å². The molecule has 0 bridgehead atoms. The van der Waals surface area contributed by atoms with E-state index < -0.39 is 11.7 Å². The Hall–Kier alpha value is -1.03. The summed E-state index contributed by atoms with van der Waals surface area (Å²) in [5, 5.41) is 0. The SMILES string of the molecule is C[C@]12CC[C@H]3[C@@H](C/C(=C\F)C45OC4C(=O)CC[C@]35C)[C@@H]1CCC2=O. The van der Waals surface area contributed by atoms with Crippen LogP contribution in [-0.2, 0) is 14.3 Å². The molecule has 7 atom stereocenters. The molecular weight excluding hydrogens is 307 g/mol. The number of hydrogen-bond acceptors (Lipinski definition) is 3. The van der Waals surface area contributed by atoms with Gasteiger partial charge < -0.3 is 4.74 Å². The zero-order valence-corrected chi connectivity index (χ0v) is 14.4. The van der Waals surface area contributed by atoms with E-state index in [1.54, 1.807) is 0 Å². The highest BCUT2D eigenvalue weighted by Gasteiger charge is 2.78. The summed E-state index contributed by atoms with van der Waals surface area (Å²) in [7, 11) is 0. The first-order valence-electron chi connectivity index (χ1n) is 9.42. The lowest BCUT2D eigenvalue weighted by Crippen LogP contribution is -2.59. The Labute approximate surface area is 142 Å². The second kappa shape index (κ2) is 4.38. The lowest BCUT2D eigenvalue weighted by Gasteiger charge is -2.58. The van der Waals surface area contributed by atoms with Gasteiger partial charge in [-0.1, -0.05) is 13.8 Å². The first kappa shape index (κ1) is 15.2. The van der Waals surface area contributed by atoms with Crippen molar-refractivity contribution in [2.75, 3.05) is 0 Å². The predicted octanol–water partition coefficient (Wildman–Crippen LogP) is 3.76. The number of halogens is 1. The molecule has 0 aromatic rings. The van der Waals surface area contributed by atoms with Crippen molar-refractivity contribution >= 4 is 11.6 Å². The number of epoxide rings is 1. The molecule has 4 saturated carbocycles. The van der Waals surface area contributed by atoms with Crippen LogP contribution in [0, 0.1) is 28.6 Å². The van der Waals surface area contributed by atoms with Gasteiger partial charge in [0.1, 0.15) is 11.4 Å². The molecule has 1 aliphatic heterocycles. The Kier molecular flexibility index (Phi) is 2.78. The maximum Gasteiger partial charge on any atom is 0.164 e. The maximum atomic E-state index is 13.9. The van der Waals surface area contributed by atoms with Crippen molar-refractivity contribution in [3.8, 4) is 0 Å². The molecule has 0 amide bonds. The van der Waals surface area contributed by atoms with Crippen LogP contribution in [-0.4, -0.2) is 23.3 Å². The fourth-order valence-electron chi connectivity index (χ4n) is 7.32. The summed E-state index contributed by atoms with van der Waals surface area (Å²) < 4.78 is 19.8. The summed E-state index contributed by atoms with van der Waals surface area (Å²) in [5.74, 6) is 1.69. The average Bonchev–Trinajstić information content (AvgIpc) is 3.25. The molecular formula is C20H25FO3. The molecule has 0 aromatic heterocycles. The van der Waals surface area contributed by atoms with E-state index in [-0.39, 0.29) is 16.6 Å². The molecule has 3 nitrogen and oxygen atoms in total. The maximum absolute atomic E-state index is 13.9. The predicted molar refractivity (Wildman–Crippen MR) is 85.8 cm³/mol. The van der Waals surface area contributed by atoms with Gasteiger partial charge in [-0.2, -0.15) is 0 Å². The van der Waals surface area contributed by atoms with E-state index in [0.717, 1.165) is 32.0 Å². The first-order chi connectivity index (χ1) is 11.4. The number of ether oxygens (including phenoxy) is 1. The minimum Gasteiger partial charge on any atom is -0.352 e. The Balaban J connectivity index is 1.60. The fraction of sp³-hybridized carbons (Fsp3) is 0.800. The summed E-state index contributed by atoms with van der Waals surface area (Å²) in [6, 6.07) is 0. The molecule has 4 aliphatic carbocycles. The minimum absolute atomic E-state index is 0.141. The minimum atomic E-state index is -0.672. The molecule has 130 valence electrons. The summed E-state index contributed by atoms with van der Waals surface area (Å²) in [6.07, 6.45) is 5.87. The number of hydrogen-bond donors (Lipinski definition) is 0. The molecule has 4 heteroatoms. The van der Waals surface area contributed by atoms with E-state index >= 15 is 0 Å². The van der Waals surface area contributed by atoms with Gasteiger partial charge in [-0.25, -0.2) is 4.39 Å². The topological polar surface area (TPSA) is 46.7 Å². The summed E-state index contributed by atoms with van der Waals surface area (Å²) >= 11 is 0. The van der Waals surface area contributed by atoms with Crippen LogP contribution in [0.5, 0.6) is 0 Å². The Bertz CT molecular complexity index is 684. The second-order valence-electron chi connectivity index (χ2n) is 9.25. The third kappa shape index (κ3) is 1.45. The molecule has 0 aromatic carbocycles. The van der Waals surface area contributed by atoms with Crippen LogP contribution < -0.4 is 0 Å². The normalized spacial score (nSPS) is 57.2. The van der Waals surface area contributed by atoms with Gasteiger partial charge in [-0.3, -0.25) is 9.59 Å². The largest absolute Gasteiger partial charge is 0.352 e. The van der Waals surface area contributed by atoms with E-state index in [0.29, 0.717) is 48.4 Å². The standard InChI is InChI=1S/C20H25FO3/c1-18-7-5-14-12(13(18)3-4-16(18)23)9-11(10-21)20-17(24-20)15(22)6-8-19(14,20)2/h10,12-14,17H,3-9H2,1-2H3/b11-10+/t12-,13-,14-,17?,18-,19+,20?/m0/s1. The molecule has 1 saturated heterocycles. The fourth-order valence-corrected chi connectivity index (χ4v) is 7.32. The van der Waals surface area contributed by atoms with E-state index in [1.807, 2.05) is 0 Å². The van der Waals surface area contributed by atoms with Crippen molar-refractivity contribution in [1.29, 1.82) is 0 Å². The van der Waals surface area contributed by atoms with Crippen molar-refractivity contribution in [3.63, 3.8) is 0 Å². The molecule has 5 rings (SSSR count). The summed E-state index contributed by atoms with van der Waals surface area (Å²) in [4.78, 5) is 24.7. The van der Waals surface area contributed by atoms with Gasteiger partial charge in [-0.05, 0) is 55.4 Å². The van der Waals surface area contributed by atoms with E-state index in [4.69, 9.17) is 4.74 Å². The van der Waals surface area contributed by atoms with Gasteiger partial charge in [0, 0.05) is 23.7 Å². The third-order valence-corrected chi connectivity index (χ3v) is 8.68. The van der Waals surface area contributed by atoms with Crippen molar-refractivity contribution in [2.24, 2.45) is 28.6 Å². The smallest absolute Gasteiger partial charge is 0.164 e. The molecule has 24 heavy (non-hydrogen) atoms. The van der Waals surface area contributed by atoms with Crippen molar-refractivity contribution < 1.29 is 18.7 Å². The lowest BCUT2D eigenvalue weighted by atomic mass is 9.44. The molecule has 1 heterocycles. The van der Waals surface area contributed by atoms with Gasteiger partial charge in [0.05, 0.1) is 6.33 Å². The van der Waals surface area contributed by atoms with Crippen molar-refractivity contribution in [2.45, 2.75) is 70.5 Å². The number of carbonyl (C=O) groups is 2. The van der Waals surface area contributed by atoms with Gasteiger partial charge in [0.25, 0.3) is 0 Å². The van der Waals surface area contributed by atoms with Crippen molar-refractivity contribution in [1.82, 2.24) is 0 Å². The first-order valence-corrected chi connectivity index (χ1v) is 9.42. The van der Waals surface area contributed by atoms with Crippen LogP contribution in [0.15, 0.2) is 11.9 Å². The Morgan fingerprint density at radius 1 is 1.12 bits per heavy atom. The number of fused-ring (bicyclic) bond motifs is 4. The molecule has 1 spiro atoms. The summed E-state index contributed by atoms with van der Waals surface area (Å²) in [6.45, 7) is 4.36. The quantitative estimate of drug-likeness (QED) is 0.635. The molecule has 5 aliphatic rings. The van der Waals surface area contributed by atoms with Crippen LogP contribution in [0.1, 0.15) is 58.8 Å². The number of ketones is 2. The zero-order valence-electron chi connectivity index (χ0n) is 14.4. The van der Waals surface area contributed by atoms with Crippen molar-refractivity contribution in [3.05, 3.63) is 11.9 Å². The van der Waals surface area contributed by atoms with Gasteiger partial charge in [0.15, 0.2) is 11.9 Å². The van der Waals surface area contributed by atoms with Gasteiger partial charge in [-0.15, -0.1) is 0 Å². The van der Waals surface area contributed by atoms with Crippen LogP contribution in [0.3, 0.4) is 0 Å². The van der Waals surface area contributed by atoms with E-state index in [1.165, 1.54) is 0 Å². The molecule has 2 unspecified atom stereocenters. The number of rotatable bonds is 0. The average molecular weight is 332 g/mol. The van der Waals surface area contributed by atoms with Crippen LogP contribution >= 0.6 is 0 Å². The molecule has 5 fully saturated rings. The number of Topliss-reactive ketones (excluding diaryl/α,β-unsaturated/α-hetero) is 2. The Morgan fingerprint density at radius 3 is 2.67 bits per heavy atom.